The predicted octanol–water partition coefficient (Wildman–Crippen LogP) is 2.25. The maximum atomic E-state index is 12.3. The van der Waals surface area contributed by atoms with Crippen molar-refractivity contribution in [3.8, 4) is 5.75 Å². The molecule has 0 aliphatic carbocycles. The van der Waals surface area contributed by atoms with Crippen LogP contribution in [0.15, 0.2) is 65.7 Å². The summed E-state index contributed by atoms with van der Waals surface area (Å²) in [6.45, 7) is 0. The molecule has 3 aromatic carbocycles. The number of guanidine groups is 1. The number of hydrogen-bond acceptors (Lipinski definition) is 4. The van der Waals surface area contributed by atoms with Crippen LogP contribution in [0.5, 0.6) is 5.75 Å². The number of nitrogen functional groups attached to an aromatic ring is 1. The Morgan fingerprint density at radius 3 is 2.15 bits per heavy atom. The lowest BCUT2D eigenvalue weighted by atomic mass is 10.1. The second-order valence-corrected chi connectivity index (χ2v) is 5.61. The Bertz CT molecular complexity index is 1020. The van der Waals surface area contributed by atoms with E-state index >= 15 is 0 Å². The number of carbonyl (C=O) groups excluding carboxylic acids is 1. The largest absolute Gasteiger partial charge is 0.423 e. The van der Waals surface area contributed by atoms with Crippen LogP contribution in [0.2, 0.25) is 0 Å². The molecule has 7 heteroatoms. The second-order valence-electron chi connectivity index (χ2n) is 5.61. The minimum atomic E-state index is -0.497. The van der Waals surface area contributed by atoms with Gasteiger partial charge >= 0.3 is 5.97 Å². The molecule has 0 unspecified atom stereocenters. The van der Waals surface area contributed by atoms with Crippen molar-refractivity contribution >= 4 is 34.2 Å². The van der Waals surface area contributed by atoms with Gasteiger partial charge in [0.25, 0.3) is 0 Å². The molecule has 0 amide bonds. The fourth-order valence-corrected chi connectivity index (χ4v) is 2.44. The highest BCUT2D eigenvalue weighted by Gasteiger charge is 2.09. The fraction of sp³-hybridized carbons (Fsp3) is 0. The average molecular weight is 347 g/mol. The molecule has 0 spiro atoms. The van der Waals surface area contributed by atoms with Gasteiger partial charge in [0.05, 0.1) is 11.3 Å². The lowest BCUT2D eigenvalue weighted by Gasteiger charge is -2.07. The maximum Gasteiger partial charge on any atom is 0.343 e. The van der Waals surface area contributed by atoms with Crippen LogP contribution >= 0.6 is 0 Å². The molecule has 0 saturated carbocycles. The summed E-state index contributed by atoms with van der Waals surface area (Å²) in [6.07, 6.45) is 0. The van der Waals surface area contributed by atoms with Crippen LogP contribution in [-0.4, -0.2) is 17.8 Å². The Morgan fingerprint density at radius 1 is 0.846 bits per heavy atom. The Morgan fingerprint density at radius 2 is 1.50 bits per heavy atom. The molecule has 0 radical (unpaired) electrons. The minimum absolute atomic E-state index is 0.0184. The number of rotatable bonds is 4. The van der Waals surface area contributed by atoms with Gasteiger partial charge in [-0.2, -0.15) is 0 Å². The fourth-order valence-electron chi connectivity index (χ4n) is 2.44. The number of nitrogens with zero attached hydrogens (tertiary/aromatic N) is 1. The van der Waals surface area contributed by atoms with Crippen molar-refractivity contribution in [2.45, 2.75) is 0 Å². The van der Waals surface area contributed by atoms with Crippen molar-refractivity contribution in [3.63, 3.8) is 0 Å². The number of amidine groups is 1. The van der Waals surface area contributed by atoms with Crippen LogP contribution in [0, 0.1) is 5.41 Å². The van der Waals surface area contributed by atoms with Crippen molar-refractivity contribution in [1.82, 2.24) is 0 Å². The molecule has 0 aliphatic rings. The summed E-state index contributed by atoms with van der Waals surface area (Å²) in [4.78, 5) is 16.2. The smallest absolute Gasteiger partial charge is 0.343 e. The SMILES string of the molecule is N=C(N)c1ccc2ccc(OC(=O)c3ccc(N=C(N)N)cc3)cc2c1. The van der Waals surface area contributed by atoms with E-state index in [4.69, 9.17) is 27.3 Å². The molecular formula is C19H17N5O2. The number of aliphatic imine (C=N–C) groups is 1. The van der Waals surface area contributed by atoms with Gasteiger partial charge in [0.15, 0.2) is 5.96 Å². The molecule has 0 aromatic heterocycles. The van der Waals surface area contributed by atoms with Gasteiger partial charge in [-0.05, 0) is 53.2 Å². The normalized spacial score (nSPS) is 10.3. The van der Waals surface area contributed by atoms with E-state index in [1.807, 2.05) is 12.1 Å². The first-order valence-electron chi connectivity index (χ1n) is 7.72. The summed E-state index contributed by atoms with van der Waals surface area (Å²) in [7, 11) is 0. The predicted molar refractivity (Wildman–Crippen MR) is 102 cm³/mol. The number of ether oxygens (including phenoxy) is 1. The topological polar surface area (TPSA) is 141 Å². The molecule has 7 N–H and O–H groups in total. The number of benzene rings is 3. The van der Waals surface area contributed by atoms with Gasteiger partial charge in [-0.25, -0.2) is 9.79 Å². The van der Waals surface area contributed by atoms with Gasteiger partial charge in [0, 0.05) is 5.56 Å². The van der Waals surface area contributed by atoms with Gasteiger partial charge in [-0.1, -0.05) is 18.2 Å². The van der Waals surface area contributed by atoms with Gasteiger partial charge in [-0.3, -0.25) is 5.41 Å². The molecule has 0 bridgehead atoms. The zero-order valence-electron chi connectivity index (χ0n) is 13.8. The third-order valence-corrected chi connectivity index (χ3v) is 3.69. The zero-order valence-corrected chi connectivity index (χ0v) is 13.8. The van der Waals surface area contributed by atoms with E-state index in [-0.39, 0.29) is 11.8 Å². The lowest BCUT2D eigenvalue weighted by Crippen LogP contribution is -2.21. The zero-order chi connectivity index (χ0) is 18.7. The molecule has 130 valence electrons. The van der Waals surface area contributed by atoms with Crippen LogP contribution in [0.3, 0.4) is 0 Å². The summed E-state index contributed by atoms with van der Waals surface area (Å²) in [6, 6.07) is 17.1. The van der Waals surface area contributed by atoms with E-state index in [0.29, 0.717) is 22.6 Å². The van der Waals surface area contributed by atoms with Crippen LogP contribution in [0.1, 0.15) is 15.9 Å². The van der Waals surface area contributed by atoms with Gasteiger partial charge < -0.3 is 21.9 Å². The van der Waals surface area contributed by atoms with Crippen molar-refractivity contribution in [2.24, 2.45) is 22.2 Å². The maximum absolute atomic E-state index is 12.3. The summed E-state index contributed by atoms with van der Waals surface area (Å²) in [5.41, 5.74) is 17.7. The van der Waals surface area contributed by atoms with E-state index < -0.39 is 5.97 Å². The molecule has 3 rings (SSSR count). The first-order valence-corrected chi connectivity index (χ1v) is 7.72. The average Bonchev–Trinajstić information content (AvgIpc) is 2.61. The number of carbonyl (C=O) groups is 1. The van der Waals surface area contributed by atoms with Crippen molar-refractivity contribution < 1.29 is 9.53 Å². The van der Waals surface area contributed by atoms with Crippen LogP contribution < -0.4 is 21.9 Å². The highest BCUT2D eigenvalue weighted by atomic mass is 16.5. The van der Waals surface area contributed by atoms with Crippen molar-refractivity contribution in [3.05, 3.63) is 71.8 Å². The van der Waals surface area contributed by atoms with Crippen LogP contribution in [0.4, 0.5) is 5.69 Å². The Balaban J connectivity index is 1.82. The molecule has 0 heterocycles. The number of esters is 1. The van der Waals surface area contributed by atoms with Gasteiger partial charge in [0.1, 0.15) is 11.6 Å². The minimum Gasteiger partial charge on any atom is -0.423 e. The lowest BCUT2D eigenvalue weighted by molar-refractivity contribution is 0.0735. The van der Waals surface area contributed by atoms with E-state index in [1.165, 1.54) is 0 Å². The summed E-state index contributed by atoms with van der Waals surface area (Å²) in [5.74, 6) is -0.170. The van der Waals surface area contributed by atoms with Gasteiger partial charge in [0.2, 0.25) is 0 Å². The Hall–Kier alpha value is -3.87. The number of hydrogen-bond donors (Lipinski definition) is 4. The monoisotopic (exact) mass is 347 g/mol. The molecule has 0 saturated heterocycles. The summed E-state index contributed by atoms with van der Waals surface area (Å²) >= 11 is 0. The molecule has 0 aliphatic heterocycles. The third-order valence-electron chi connectivity index (χ3n) is 3.69. The quantitative estimate of drug-likeness (QED) is 0.248. The first-order chi connectivity index (χ1) is 12.4. The van der Waals surface area contributed by atoms with Crippen LogP contribution in [0.25, 0.3) is 10.8 Å². The molecule has 0 atom stereocenters. The molecule has 26 heavy (non-hydrogen) atoms. The van der Waals surface area contributed by atoms with E-state index in [9.17, 15) is 4.79 Å². The highest BCUT2D eigenvalue weighted by molar-refractivity contribution is 5.99. The standard InChI is InChI=1S/C19H17N5O2/c20-17(21)13-2-1-11-5-8-16(10-14(11)9-13)26-18(25)12-3-6-15(7-4-12)24-19(22)23/h1-10H,(H3,20,21)(H4,22,23,24). The number of fused-ring (bicyclic) bond motifs is 1. The van der Waals surface area contributed by atoms with Crippen molar-refractivity contribution in [1.29, 1.82) is 5.41 Å². The van der Waals surface area contributed by atoms with Gasteiger partial charge in [-0.15, -0.1) is 0 Å². The van der Waals surface area contributed by atoms with Crippen LogP contribution in [-0.2, 0) is 0 Å². The molecule has 0 fully saturated rings. The molecule has 3 aromatic rings. The summed E-state index contributed by atoms with van der Waals surface area (Å²) in [5, 5.41) is 9.30. The van der Waals surface area contributed by atoms with E-state index in [2.05, 4.69) is 4.99 Å². The Labute approximate surface area is 149 Å². The third kappa shape index (κ3) is 3.78. The first kappa shape index (κ1) is 17.0. The van der Waals surface area contributed by atoms with E-state index in [0.717, 1.165) is 10.8 Å². The van der Waals surface area contributed by atoms with E-state index in [1.54, 1.807) is 48.5 Å². The molecule has 7 nitrogen and oxygen atoms in total. The second kappa shape index (κ2) is 6.94. The Kier molecular flexibility index (Phi) is 4.53. The summed E-state index contributed by atoms with van der Waals surface area (Å²) < 4.78 is 5.42. The highest BCUT2D eigenvalue weighted by Crippen LogP contribution is 2.23. The molecular weight excluding hydrogens is 330 g/mol. The van der Waals surface area contributed by atoms with Crippen molar-refractivity contribution in [2.75, 3.05) is 0 Å². The number of nitrogens with one attached hydrogen (secondary N) is 1. The number of nitrogens with two attached hydrogens (primary N) is 3.